The van der Waals surface area contributed by atoms with Crippen molar-refractivity contribution in [2.75, 3.05) is 27.4 Å². The van der Waals surface area contributed by atoms with Gasteiger partial charge in [-0.1, -0.05) is 364 Å². The van der Waals surface area contributed by atoms with E-state index in [0.29, 0.717) is 68.1 Å². The lowest BCUT2D eigenvalue weighted by Gasteiger charge is -2.24. The molecule has 730 valence electrons. The van der Waals surface area contributed by atoms with Crippen LogP contribution in [-0.4, -0.2) is 138 Å². The van der Waals surface area contributed by atoms with Crippen molar-refractivity contribution < 1.29 is 88.4 Å². The first-order valence-electron chi connectivity index (χ1n) is 43.1. The van der Waals surface area contributed by atoms with Gasteiger partial charge in [-0.05, 0) is 159 Å². The monoisotopic (exact) mass is 2080 g/mol. The second kappa shape index (κ2) is 73.1. The minimum absolute atomic E-state index is 0. The molecular weight excluding hydrogens is 1940 g/mol. The number of ketones is 1. The van der Waals surface area contributed by atoms with Crippen LogP contribution in [0, 0.1) is 0 Å². The number of hydroxylamine groups is 2. The SMILES string of the molecule is C.C.C.C.C1CCOC1.C=C(C)C(=O)[C@H](CCc1ccccc1)NC(=O)OCc1ccccc1.C=C(C)[C@@H](O)[C@H](CCc1ccccc1)NC(=O)OCc1ccccc1.C=C(C)[C@H](O)[C@H](CCc1ccccc1)NC(=O)OCc1ccccc1.CON(C)C(=O)[C@H](CCc1ccccc1)NC(=O)OCc1ccccc1.II.O=C(N[C@@H](CCc1ccccc1)C(=O)O)OCc1ccccc1.[HH]. The highest BCUT2D eigenvalue weighted by Gasteiger charge is 2.28. The fraction of sp³-hybridized carbons (Fsp3) is 0.321. The molecule has 10 aromatic rings. The molecule has 1 fully saturated rings. The molecule has 0 aromatic heterocycles. The number of halogens is 2. The van der Waals surface area contributed by atoms with Crippen molar-refractivity contribution in [3.8, 4) is 0 Å². The number of rotatable bonds is 39. The Bertz CT molecular complexity index is 4770. The number of aliphatic hydroxyl groups is 2. The summed E-state index contributed by atoms with van der Waals surface area (Å²) in [4.78, 5) is 101. The van der Waals surface area contributed by atoms with Gasteiger partial charge in [0, 0.05) is 58.9 Å². The van der Waals surface area contributed by atoms with E-state index in [9.17, 15) is 53.7 Å². The fourth-order valence-electron chi connectivity index (χ4n) is 12.6. The number of benzene rings is 10. The Kier molecular flexibility index (Phi) is 65.4. The zero-order valence-electron chi connectivity index (χ0n) is 75.1. The van der Waals surface area contributed by atoms with Gasteiger partial charge >= 0.3 is 36.4 Å². The molecule has 24 nitrogen and oxygen atoms in total. The van der Waals surface area contributed by atoms with Gasteiger partial charge in [0.1, 0.15) is 45.1 Å². The van der Waals surface area contributed by atoms with Crippen LogP contribution in [0.1, 0.15) is 152 Å². The summed E-state index contributed by atoms with van der Waals surface area (Å²) in [5.74, 6) is -1.58. The van der Waals surface area contributed by atoms with Gasteiger partial charge in [-0.3, -0.25) is 14.4 Å². The second-order valence-electron chi connectivity index (χ2n) is 30.4. The molecule has 0 radical (unpaired) electrons. The van der Waals surface area contributed by atoms with Crippen LogP contribution >= 0.6 is 37.2 Å². The normalized spacial score (nSPS) is 12.0. The molecular formula is C109H142I2N6O18. The number of alkyl carbamates (subject to hydrolysis) is 5. The van der Waals surface area contributed by atoms with Crippen LogP contribution in [0.3, 0.4) is 0 Å². The van der Waals surface area contributed by atoms with E-state index in [4.69, 9.17) is 33.3 Å². The number of aryl methyl sites for hydroxylation is 5. The number of hydrogen-bond donors (Lipinski definition) is 8. The third-order valence-corrected chi connectivity index (χ3v) is 19.9. The second-order valence-corrected chi connectivity index (χ2v) is 30.4. The molecule has 0 bridgehead atoms. The fourth-order valence-corrected chi connectivity index (χ4v) is 12.6. The smallest absolute Gasteiger partial charge is 0.408 e. The molecule has 8 N–H and O–H groups in total. The van der Waals surface area contributed by atoms with Crippen LogP contribution < -0.4 is 26.6 Å². The molecule has 26 heteroatoms. The number of aliphatic hydroxyl groups excluding tert-OH is 2. The largest absolute Gasteiger partial charge is 0.480 e. The molecule has 135 heavy (non-hydrogen) atoms. The summed E-state index contributed by atoms with van der Waals surface area (Å²) >= 11 is 4.24. The molecule has 1 aliphatic rings. The summed E-state index contributed by atoms with van der Waals surface area (Å²) in [5, 5.41) is 44.2. The number of nitrogens with one attached hydrogen (secondary N) is 5. The first-order chi connectivity index (χ1) is 63.4. The number of carbonyl (C=O) groups excluding carboxylic acids is 7. The number of nitrogens with zero attached hydrogens (tertiary/aromatic N) is 1. The van der Waals surface area contributed by atoms with Gasteiger partial charge in [0.2, 0.25) is 0 Å². The van der Waals surface area contributed by atoms with Gasteiger partial charge in [0.15, 0.2) is 5.78 Å². The minimum atomic E-state index is -1.07. The maximum Gasteiger partial charge on any atom is 0.408 e. The van der Waals surface area contributed by atoms with E-state index in [1.807, 2.05) is 303 Å². The number of likely N-dealkylation sites (N-methyl/N-ethyl adjacent to an activating group) is 1. The lowest BCUT2D eigenvalue weighted by Crippen LogP contribution is -2.47. The summed E-state index contributed by atoms with van der Waals surface area (Å²) in [6.07, 6.45) is 3.71. The number of carboxylic acid groups (broad SMARTS) is 1. The summed E-state index contributed by atoms with van der Waals surface area (Å²) in [7, 11) is 2.91. The highest BCUT2D eigenvalue weighted by Crippen LogP contribution is 2.18. The molecule has 1 heterocycles. The Labute approximate surface area is 825 Å². The van der Waals surface area contributed by atoms with Crippen LogP contribution in [-0.2, 0) is 113 Å². The minimum Gasteiger partial charge on any atom is -0.480 e. The summed E-state index contributed by atoms with van der Waals surface area (Å²) < 4.78 is 30.9. The number of aliphatic carboxylic acids is 1. The van der Waals surface area contributed by atoms with Crippen molar-refractivity contribution in [1.82, 2.24) is 31.6 Å². The van der Waals surface area contributed by atoms with Gasteiger partial charge in [0.05, 0.1) is 37.4 Å². The van der Waals surface area contributed by atoms with E-state index in [-0.39, 0.29) is 75.9 Å². The van der Waals surface area contributed by atoms with Crippen LogP contribution in [0.15, 0.2) is 340 Å². The molecule has 0 aliphatic carbocycles. The molecule has 10 aromatic carbocycles. The Morgan fingerprint density at radius 3 is 0.770 bits per heavy atom. The molecule has 1 aliphatic heterocycles. The van der Waals surface area contributed by atoms with Gasteiger partial charge in [0.25, 0.3) is 5.91 Å². The molecule has 0 spiro atoms. The summed E-state index contributed by atoms with van der Waals surface area (Å²) in [5.41, 5.74) is 11.6. The predicted molar refractivity (Wildman–Crippen MR) is 558 cm³/mol. The van der Waals surface area contributed by atoms with Crippen molar-refractivity contribution >= 4 is 85.4 Å². The molecule has 0 saturated carbocycles. The average Bonchev–Trinajstić information content (AvgIpc) is 0.944. The predicted octanol–water partition coefficient (Wildman–Crippen LogP) is 23.1. The van der Waals surface area contributed by atoms with Gasteiger partial charge in [-0.2, -0.15) is 0 Å². The Hall–Kier alpha value is -12.3. The van der Waals surface area contributed by atoms with Crippen molar-refractivity contribution in [1.29, 1.82) is 0 Å². The summed E-state index contributed by atoms with van der Waals surface area (Å²) in [6.45, 7) is 19.2. The van der Waals surface area contributed by atoms with Gasteiger partial charge in [-0.25, -0.2) is 33.8 Å². The van der Waals surface area contributed by atoms with Crippen molar-refractivity contribution in [2.24, 2.45) is 0 Å². The topological polar surface area (TPSA) is 325 Å². The zero-order chi connectivity index (χ0) is 95.0. The quantitative estimate of drug-likeness (QED) is 0.00583. The maximum absolute atomic E-state index is 12.4. The van der Waals surface area contributed by atoms with Crippen molar-refractivity contribution in [3.63, 3.8) is 0 Å². The maximum atomic E-state index is 12.4. The van der Waals surface area contributed by atoms with E-state index in [2.05, 4.69) is 83.6 Å². The molecule has 6 amide bonds. The molecule has 1 saturated heterocycles. The van der Waals surface area contributed by atoms with Gasteiger partial charge < -0.3 is 70.3 Å². The first kappa shape index (κ1) is 121. The third-order valence-electron chi connectivity index (χ3n) is 19.9. The Morgan fingerprint density at radius 1 is 0.348 bits per heavy atom. The third kappa shape index (κ3) is 53.4. The van der Waals surface area contributed by atoms with Crippen LogP contribution in [0.25, 0.3) is 0 Å². The van der Waals surface area contributed by atoms with Crippen LogP contribution in [0.5, 0.6) is 0 Å². The number of amides is 6. The number of carboxylic acids is 1. The highest BCUT2D eigenvalue weighted by molar-refractivity contribution is 15.0. The van der Waals surface area contributed by atoms with Gasteiger partial charge in [-0.15, -0.1) is 0 Å². The average molecular weight is 2080 g/mol. The molecule has 0 unspecified atom stereocenters. The highest BCUT2D eigenvalue weighted by atomic mass is 128. The zero-order valence-corrected chi connectivity index (χ0v) is 79.4. The van der Waals surface area contributed by atoms with Crippen LogP contribution in [0.2, 0.25) is 0 Å². The standard InChI is InChI=1S/2C21H25NO3.C21H23NO3.C20H24N2O4.C18H19NO4.C4H8O.4CH4.I2.H2/c3*1-16(2)20(23)19(14-13-17-9-5-3-6-10-17)22-21(24)25-15-18-11-7-4-8-12-18;1-22(25-2)19(23)18(14-13-16-9-5-3-6-10-16)21-20(24)26-15-17-11-7-4-8-12-17;20-17(21)16(12-11-14-7-3-1-4-8-14)19-18(22)23-13-15-9-5-2-6-10-15;1-2-4-5-3-1;;;;;1-2;/h2*3-12,19-20,23H,1,13-15H2,2H3,(H,22,24);3-12,19H,1,13-15H2,2H3,(H,22,24);3-12,18H,13-15H2,1-2H3,(H,21,24);1-10,16H,11-13H2,(H,19,22)(H,20,21);1-4H2;4*1H4;;1H/t19-,20+;19-,20-;19-;18-;16-;;;;;;;/m00000......./s1. The van der Waals surface area contributed by atoms with E-state index in [0.717, 1.165) is 86.8 Å². The van der Waals surface area contributed by atoms with Crippen LogP contribution in [0.4, 0.5) is 24.0 Å². The molecule has 11 rings (SSSR count). The van der Waals surface area contributed by atoms with E-state index >= 15 is 0 Å². The Balaban J connectivity index is 0.00000163. The lowest BCUT2D eigenvalue weighted by atomic mass is 9.98. The molecule has 7 atom stereocenters. The Morgan fingerprint density at radius 2 is 0.556 bits per heavy atom. The number of ether oxygens (including phenoxy) is 6. The van der Waals surface area contributed by atoms with E-state index in [1.165, 1.54) is 27.0 Å². The number of Topliss-reactive ketones (excluding diaryl/α,β-unsaturated/α-hetero) is 1. The number of carbonyl (C=O) groups is 8. The van der Waals surface area contributed by atoms with E-state index < -0.39 is 78.9 Å². The van der Waals surface area contributed by atoms with E-state index in [1.54, 1.807) is 20.8 Å². The van der Waals surface area contributed by atoms with Crippen molar-refractivity contribution in [3.05, 3.63) is 395 Å². The first-order valence-corrected chi connectivity index (χ1v) is 49.4. The summed E-state index contributed by atoms with van der Waals surface area (Å²) in [6, 6.07) is 92.8. The lowest BCUT2D eigenvalue weighted by molar-refractivity contribution is -0.171. The van der Waals surface area contributed by atoms with Crippen molar-refractivity contribution in [2.45, 2.75) is 203 Å². The number of hydrogen-bond acceptors (Lipinski definition) is 17.